The van der Waals surface area contributed by atoms with E-state index in [4.69, 9.17) is 0 Å². The summed E-state index contributed by atoms with van der Waals surface area (Å²) in [6.07, 6.45) is 1.11. The number of rotatable bonds is 5. The zero-order chi connectivity index (χ0) is 25.3. The van der Waals surface area contributed by atoms with Crippen LogP contribution in [0.25, 0.3) is 0 Å². The van der Waals surface area contributed by atoms with Crippen LogP contribution in [0, 0.1) is 11.2 Å². The molecule has 1 aliphatic heterocycles. The predicted octanol–water partition coefficient (Wildman–Crippen LogP) is 5.76. The molecule has 0 fully saturated rings. The molecular weight excluding hydrogens is 453 g/mol. The molecule has 0 saturated carbocycles. The normalized spacial score (nSPS) is 18.6. The van der Waals surface area contributed by atoms with Crippen LogP contribution in [-0.2, 0) is 16.1 Å². The Morgan fingerprint density at radius 2 is 1.69 bits per heavy atom. The number of carbonyl (C=O) groups excluding carboxylic acids is 2. The summed E-state index contributed by atoms with van der Waals surface area (Å²) in [6, 6.07) is 23.2. The molecule has 0 bridgehead atoms. The highest BCUT2D eigenvalue weighted by Gasteiger charge is 2.41. The molecule has 5 nitrogen and oxygen atoms in total. The number of ketones is 1. The molecule has 1 heterocycles. The summed E-state index contributed by atoms with van der Waals surface area (Å²) in [6.45, 7) is 4.64. The van der Waals surface area contributed by atoms with E-state index in [9.17, 15) is 14.0 Å². The number of hydrogen-bond donors (Lipinski definition) is 2. The van der Waals surface area contributed by atoms with Gasteiger partial charge in [0.15, 0.2) is 5.78 Å². The summed E-state index contributed by atoms with van der Waals surface area (Å²) < 4.78 is 13.9. The van der Waals surface area contributed by atoms with Crippen molar-refractivity contribution in [1.82, 2.24) is 5.32 Å². The van der Waals surface area contributed by atoms with E-state index in [1.165, 1.54) is 12.1 Å². The summed E-state index contributed by atoms with van der Waals surface area (Å²) in [7, 11) is 0. The average Bonchev–Trinajstić information content (AvgIpc) is 2.98. The fourth-order valence-corrected chi connectivity index (χ4v) is 5.23. The summed E-state index contributed by atoms with van der Waals surface area (Å²) in [5, 5.41) is 6.54. The van der Waals surface area contributed by atoms with Gasteiger partial charge in [-0.25, -0.2) is 4.39 Å². The lowest BCUT2D eigenvalue weighted by Gasteiger charge is -2.37. The topological polar surface area (TPSA) is 61.4 Å². The van der Waals surface area contributed by atoms with Crippen LogP contribution in [0.15, 0.2) is 90.1 Å². The molecule has 0 spiro atoms. The van der Waals surface area contributed by atoms with Crippen LogP contribution in [0.1, 0.15) is 43.9 Å². The molecule has 1 amide bonds. The number of nitrogens with zero attached hydrogens (tertiary/aromatic N) is 1. The zero-order valence-corrected chi connectivity index (χ0v) is 20.6. The number of para-hydroxylation sites is 2. The van der Waals surface area contributed by atoms with E-state index >= 15 is 0 Å². The van der Waals surface area contributed by atoms with Gasteiger partial charge < -0.3 is 15.5 Å². The number of anilines is 2. The summed E-state index contributed by atoms with van der Waals surface area (Å²) in [5.74, 6) is -0.456. The zero-order valence-electron chi connectivity index (χ0n) is 20.6. The molecule has 5 rings (SSSR count). The Labute approximate surface area is 211 Å². The number of amides is 1. The molecule has 2 N–H and O–H groups in total. The number of halogens is 1. The van der Waals surface area contributed by atoms with Crippen molar-refractivity contribution in [1.29, 1.82) is 0 Å². The quantitative estimate of drug-likeness (QED) is 0.485. The number of Topliss-reactive ketones (excluding diaryl/α,β-unsaturated/α-hetero) is 1. The monoisotopic (exact) mass is 483 g/mol. The van der Waals surface area contributed by atoms with Gasteiger partial charge in [-0.3, -0.25) is 9.59 Å². The first-order valence-corrected chi connectivity index (χ1v) is 12.3. The Morgan fingerprint density at radius 1 is 1.00 bits per heavy atom. The number of fused-ring (bicyclic) bond motifs is 1. The van der Waals surface area contributed by atoms with Crippen LogP contribution in [0.5, 0.6) is 0 Å². The molecule has 1 atom stereocenters. The van der Waals surface area contributed by atoms with Crippen molar-refractivity contribution in [2.45, 2.75) is 39.3 Å². The van der Waals surface area contributed by atoms with Crippen molar-refractivity contribution in [3.05, 3.63) is 107 Å². The molecule has 184 valence electrons. The van der Waals surface area contributed by atoms with E-state index in [1.54, 1.807) is 12.1 Å². The number of carbonyl (C=O) groups is 2. The van der Waals surface area contributed by atoms with Gasteiger partial charge in [-0.15, -0.1) is 0 Å². The highest BCUT2D eigenvalue weighted by atomic mass is 19.1. The second kappa shape index (κ2) is 9.61. The van der Waals surface area contributed by atoms with Gasteiger partial charge in [0.25, 0.3) is 0 Å². The van der Waals surface area contributed by atoms with E-state index in [0.29, 0.717) is 25.0 Å². The van der Waals surface area contributed by atoms with E-state index in [1.807, 2.05) is 59.5 Å². The van der Waals surface area contributed by atoms with Gasteiger partial charge in [0, 0.05) is 24.2 Å². The van der Waals surface area contributed by atoms with Crippen molar-refractivity contribution in [2.24, 2.45) is 5.41 Å². The smallest absolute Gasteiger partial charge is 0.239 e. The Morgan fingerprint density at radius 3 is 2.44 bits per heavy atom. The van der Waals surface area contributed by atoms with Crippen LogP contribution in [0.2, 0.25) is 0 Å². The number of nitrogens with one attached hydrogen (secondary N) is 2. The van der Waals surface area contributed by atoms with Crippen molar-refractivity contribution >= 4 is 23.1 Å². The SMILES string of the molecule is CC1(C)CC(=O)C2=C(C1)Nc1ccccc1N(CC(=O)NCc1ccccc1)[C@@H]2c1ccc(F)cc1. The third kappa shape index (κ3) is 4.89. The molecule has 3 aromatic carbocycles. The lowest BCUT2D eigenvalue weighted by atomic mass is 9.73. The first-order chi connectivity index (χ1) is 17.3. The van der Waals surface area contributed by atoms with Crippen molar-refractivity contribution < 1.29 is 14.0 Å². The van der Waals surface area contributed by atoms with Gasteiger partial charge in [0.05, 0.1) is 24.0 Å². The van der Waals surface area contributed by atoms with E-state index in [-0.39, 0.29) is 29.5 Å². The molecule has 0 unspecified atom stereocenters. The Kier molecular flexibility index (Phi) is 6.35. The molecule has 36 heavy (non-hydrogen) atoms. The van der Waals surface area contributed by atoms with Crippen molar-refractivity contribution in [2.75, 3.05) is 16.8 Å². The third-order valence-corrected chi connectivity index (χ3v) is 6.84. The first kappa shape index (κ1) is 23.8. The highest BCUT2D eigenvalue weighted by Crippen LogP contribution is 2.48. The summed E-state index contributed by atoms with van der Waals surface area (Å²) in [4.78, 5) is 28.9. The molecular formula is C30H30FN3O2. The van der Waals surface area contributed by atoms with Crippen LogP contribution in [0.4, 0.5) is 15.8 Å². The first-order valence-electron chi connectivity index (χ1n) is 12.3. The molecule has 3 aromatic rings. The summed E-state index contributed by atoms with van der Waals surface area (Å²) in [5.41, 5.74) is 4.77. The Hall–Kier alpha value is -3.93. The van der Waals surface area contributed by atoms with Gasteiger partial charge >= 0.3 is 0 Å². The lowest BCUT2D eigenvalue weighted by Crippen LogP contribution is -2.41. The van der Waals surface area contributed by atoms with E-state index in [0.717, 1.165) is 28.2 Å². The third-order valence-electron chi connectivity index (χ3n) is 6.84. The van der Waals surface area contributed by atoms with Gasteiger partial charge in [0.1, 0.15) is 5.82 Å². The standard InChI is InChI=1S/C30H30FN3O2/c1-30(2)16-24-28(26(35)17-30)29(21-12-14-22(31)15-13-21)34(25-11-7-6-10-23(25)33-24)19-27(36)32-18-20-8-4-3-5-9-20/h3-15,29,33H,16-19H2,1-2H3,(H,32,36)/t29-/m1/s1. The second-order valence-electron chi connectivity index (χ2n) is 10.3. The maximum Gasteiger partial charge on any atom is 0.239 e. The highest BCUT2D eigenvalue weighted by molar-refractivity contribution is 6.01. The lowest BCUT2D eigenvalue weighted by molar-refractivity contribution is -0.120. The Balaban J connectivity index is 1.58. The van der Waals surface area contributed by atoms with Crippen molar-refractivity contribution in [3.63, 3.8) is 0 Å². The number of allylic oxidation sites excluding steroid dienone is 1. The van der Waals surface area contributed by atoms with Crippen LogP contribution in [0.3, 0.4) is 0 Å². The van der Waals surface area contributed by atoms with Crippen LogP contribution >= 0.6 is 0 Å². The molecule has 0 aromatic heterocycles. The Bertz CT molecular complexity index is 1320. The fraction of sp³-hybridized carbons (Fsp3) is 0.267. The van der Waals surface area contributed by atoms with Gasteiger partial charge in [0.2, 0.25) is 5.91 Å². The molecule has 6 heteroatoms. The van der Waals surface area contributed by atoms with Gasteiger partial charge in [-0.2, -0.15) is 0 Å². The minimum Gasteiger partial charge on any atom is -0.357 e. The predicted molar refractivity (Wildman–Crippen MR) is 140 cm³/mol. The molecule has 0 radical (unpaired) electrons. The van der Waals surface area contributed by atoms with Crippen LogP contribution in [-0.4, -0.2) is 18.2 Å². The fourth-order valence-electron chi connectivity index (χ4n) is 5.23. The van der Waals surface area contributed by atoms with Crippen molar-refractivity contribution in [3.8, 4) is 0 Å². The largest absolute Gasteiger partial charge is 0.357 e. The minimum atomic E-state index is -0.525. The maximum absolute atomic E-state index is 13.9. The molecule has 1 aliphatic carbocycles. The average molecular weight is 484 g/mol. The number of hydrogen-bond acceptors (Lipinski definition) is 4. The summed E-state index contributed by atoms with van der Waals surface area (Å²) >= 11 is 0. The molecule has 0 saturated heterocycles. The van der Waals surface area contributed by atoms with Crippen LogP contribution < -0.4 is 15.5 Å². The minimum absolute atomic E-state index is 0.0427. The molecule has 2 aliphatic rings. The van der Waals surface area contributed by atoms with Gasteiger partial charge in [-0.1, -0.05) is 68.4 Å². The second-order valence-corrected chi connectivity index (χ2v) is 10.3. The van der Waals surface area contributed by atoms with E-state index < -0.39 is 6.04 Å². The number of benzene rings is 3. The van der Waals surface area contributed by atoms with Gasteiger partial charge in [-0.05, 0) is 47.2 Å². The van der Waals surface area contributed by atoms with E-state index in [2.05, 4.69) is 24.5 Å². The maximum atomic E-state index is 13.9.